The van der Waals surface area contributed by atoms with E-state index in [0.29, 0.717) is 27.1 Å². The predicted molar refractivity (Wildman–Crippen MR) is 109 cm³/mol. The van der Waals surface area contributed by atoms with Gasteiger partial charge in [-0.1, -0.05) is 12.1 Å². The number of rotatable bonds is 5. The Balaban J connectivity index is 1.84. The molecule has 0 spiro atoms. The highest BCUT2D eigenvalue weighted by molar-refractivity contribution is 9.10. The van der Waals surface area contributed by atoms with Crippen molar-refractivity contribution in [3.05, 3.63) is 64.1 Å². The van der Waals surface area contributed by atoms with Crippen molar-refractivity contribution in [3.8, 4) is 17.3 Å². The lowest BCUT2D eigenvalue weighted by atomic mass is 10.2. The van der Waals surface area contributed by atoms with Crippen molar-refractivity contribution >= 4 is 27.4 Å². The van der Waals surface area contributed by atoms with E-state index in [9.17, 15) is 18.0 Å². The molecule has 1 aromatic carbocycles. The van der Waals surface area contributed by atoms with Gasteiger partial charge in [-0.3, -0.25) is 9.20 Å². The molecule has 160 valence electrons. The van der Waals surface area contributed by atoms with Crippen LogP contribution in [-0.4, -0.2) is 37.0 Å². The molecule has 0 fully saturated rings. The maximum Gasteiger partial charge on any atom is 0.453 e. The Bertz CT molecular complexity index is 1280. The second-order valence-corrected chi connectivity index (χ2v) is 7.47. The minimum absolute atomic E-state index is 0.0431. The van der Waals surface area contributed by atoms with Gasteiger partial charge in [-0.15, -0.1) is 5.10 Å². The second-order valence-electron chi connectivity index (χ2n) is 6.72. The fraction of sp³-hybridized carbons (Fsp3) is 0.200. The van der Waals surface area contributed by atoms with Crippen molar-refractivity contribution in [1.29, 1.82) is 0 Å². The molecule has 31 heavy (non-hydrogen) atoms. The van der Waals surface area contributed by atoms with Crippen LogP contribution < -0.4 is 4.74 Å². The molecule has 4 rings (SSSR count). The number of carbonyl (C=O) groups is 1. The third-order valence-corrected chi connectivity index (χ3v) is 5.35. The van der Waals surface area contributed by atoms with E-state index in [2.05, 4.69) is 31.0 Å². The van der Waals surface area contributed by atoms with Crippen molar-refractivity contribution in [2.45, 2.75) is 19.6 Å². The fourth-order valence-electron chi connectivity index (χ4n) is 3.02. The van der Waals surface area contributed by atoms with Crippen LogP contribution in [0.1, 0.15) is 28.7 Å². The molecule has 0 saturated heterocycles. The van der Waals surface area contributed by atoms with E-state index in [0.717, 1.165) is 4.68 Å². The van der Waals surface area contributed by atoms with Gasteiger partial charge < -0.3 is 4.74 Å². The molecule has 0 aliphatic heterocycles. The molecule has 0 saturated carbocycles. The second kappa shape index (κ2) is 7.80. The summed E-state index contributed by atoms with van der Waals surface area (Å²) in [4.78, 5) is 19.8. The van der Waals surface area contributed by atoms with Crippen molar-refractivity contribution in [2.75, 3.05) is 7.11 Å². The van der Waals surface area contributed by atoms with E-state index < -0.39 is 12.0 Å². The van der Waals surface area contributed by atoms with Crippen LogP contribution in [0.25, 0.3) is 17.2 Å². The van der Waals surface area contributed by atoms with Crippen molar-refractivity contribution in [3.63, 3.8) is 0 Å². The van der Waals surface area contributed by atoms with Crippen LogP contribution in [-0.2, 0) is 12.7 Å². The van der Waals surface area contributed by atoms with E-state index >= 15 is 0 Å². The number of methoxy groups -OCH3 is 1. The number of hydrogen-bond donors (Lipinski definition) is 0. The number of aromatic nitrogens is 5. The normalized spacial score (nSPS) is 11.8. The lowest BCUT2D eigenvalue weighted by molar-refractivity contribution is -0.144. The number of carbonyl (C=O) groups excluding carboxylic acids is 1. The highest BCUT2D eigenvalue weighted by Crippen LogP contribution is 2.32. The standard InChI is InChI=1S/C20H15BrF3N5O2/c1-11(30)13-5-8-15-25-16(17(21)28(15)10-13)18-26-19(20(22,23)24)27-29(18)9-12-3-6-14(31-2)7-4-12/h3-8,10H,9H2,1-2H3. The Morgan fingerprint density at radius 2 is 1.84 bits per heavy atom. The van der Waals surface area contributed by atoms with Crippen LogP contribution in [0.3, 0.4) is 0 Å². The van der Waals surface area contributed by atoms with Gasteiger partial charge in [-0.25, -0.2) is 14.6 Å². The fourth-order valence-corrected chi connectivity index (χ4v) is 3.57. The molecule has 11 heteroatoms. The summed E-state index contributed by atoms with van der Waals surface area (Å²) < 4.78 is 48.3. The number of alkyl halides is 3. The van der Waals surface area contributed by atoms with Crippen LogP contribution in [0, 0.1) is 0 Å². The summed E-state index contributed by atoms with van der Waals surface area (Å²) in [6.07, 6.45) is -3.15. The number of pyridine rings is 1. The zero-order valence-corrected chi connectivity index (χ0v) is 17.9. The first-order valence-electron chi connectivity index (χ1n) is 9.01. The number of fused-ring (bicyclic) bond motifs is 1. The third-order valence-electron chi connectivity index (χ3n) is 4.60. The van der Waals surface area contributed by atoms with Crippen molar-refractivity contribution in [2.24, 2.45) is 0 Å². The summed E-state index contributed by atoms with van der Waals surface area (Å²) in [5.41, 5.74) is 1.77. The number of Topliss-reactive ketones (excluding diaryl/α,β-unsaturated/α-hetero) is 1. The number of nitrogens with zero attached hydrogens (tertiary/aromatic N) is 5. The summed E-state index contributed by atoms with van der Waals surface area (Å²) in [5.74, 6) is -0.832. The molecule has 0 radical (unpaired) electrons. The smallest absolute Gasteiger partial charge is 0.453 e. The molecule has 0 amide bonds. The summed E-state index contributed by atoms with van der Waals surface area (Å²) >= 11 is 3.38. The Kier molecular flexibility index (Phi) is 5.29. The molecule has 7 nitrogen and oxygen atoms in total. The molecule has 3 heterocycles. The molecule has 0 aliphatic rings. The van der Waals surface area contributed by atoms with Crippen LogP contribution in [0.4, 0.5) is 13.2 Å². The maximum absolute atomic E-state index is 13.4. The van der Waals surface area contributed by atoms with Gasteiger partial charge in [0.05, 0.1) is 13.7 Å². The molecule has 3 aromatic heterocycles. The molecule has 0 unspecified atom stereocenters. The first kappa shape index (κ1) is 21.0. The zero-order chi connectivity index (χ0) is 22.3. The van der Waals surface area contributed by atoms with Crippen LogP contribution in [0.15, 0.2) is 47.2 Å². The van der Waals surface area contributed by atoms with E-state index in [4.69, 9.17) is 4.74 Å². The molecular weight excluding hydrogens is 479 g/mol. The molecule has 4 aromatic rings. The quantitative estimate of drug-likeness (QED) is 0.379. The Hall–Kier alpha value is -3.21. The van der Waals surface area contributed by atoms with Crippen LogP contribution >= 0.6 is 15.9 Å². The first-order chi connectivity index (χ1) is 14.7. The average molecular weight is 494 g/mol. The van der Waals surface area contributed by atoms with Gasteiger partial charge in [0.1, 0.15) is 21.7 Å². The van der Waals surface area contributed by atoms with Crippen LogP contribution in [0.2, 0.25) is 0 Å². The van der Waals surface area contributed by atoms with Gasteiger partial charge in [0.2, 0.25) is 0 Å². The number of ketones is 1. The summed E-state index contributed by atoms with van der Waals surface area (Å²) in [6, 6.07) is 10.1. The number of benzene rings is 1. The zero-order valence-electron chi connectivity index (χ0n) is 16.3. The van der Waals surface area contributed by atoms with Gasteiger partial charge in [0.25, 0.3) is 5.82 Å². The minimum atomic E-state index is -4.71. The minimum Gasteiger partial charge on any atom is -0.497 e. The molecule has 0 aliphatic carbocycles. The SMILES string of the molecule is COc1ccc(Cn2nc(C(F)(F)F)nc2-c2nc3ccc(C(C)=O)cn3c2Br)cc1. The average Bonchev–Trinajstić information content (AvgIpc) is 3.29. The third kappa shape index (κ3) is 4.05. The Labute approximate surface area is 182 Å². The highest BCUT2D eigenvalue weighted by atomic mass is 79.9. The number of hydrogen-bond acceptors (Lipinski definition) is 5. The topological polar surface area (TPSA) is 74.3 Å². The van der Waals surface area contributed by atoms with E-state index in [1.165, 1.54) is 14.0 Å². The summed E-state index contributed by atoms with van der Waals surface area (Å²) in [5, 5.41) is 3.68. The maximum atomic E-state index is 13.4. The lowest BCUT2D eigenvalue weighted by Gasteiger charge is -2.06. The molecule has 0 atom stereocenters. The van der Waals surface area contributed by atoms with Crippen LogP contribution in [0.5, 0.6) is 5.75 Å². The lowest BCUT2D eigenvalue weighted by Crippen LogP contribution is -2.09. The highest BCUT2D eigenvalue weighted by Gasteiger charge is 2.38. The number of imidazole rings is 1. The largest absolute Gasteiger partial charge is 0.497 e. The van der Waals surface area contributed by atoms with Gasteiger partial charge in [0, 0.05) is 11.8 Å². The molecule has 0 bridgehead atoms. The van der Waals surface area contributed by atoms with E-state index in [1.807, 2.05) is 0 Å². The van der Waals surface area contributed by atoms with E-state index in [1.54, 1.807) is 47.0 Å². The van der Waals surface area contributed by atoms with Gasteiger partial charge in [-0.05, 0) is 52.7 Å². The summed E-state index contributed by atoms with van der Waals surface area (Å²) in [6.45, 7) is 1.47. The van der Waals surface area contributed by atoms with Crippen molar-refractivity contribution < 1.29 is 22.7 Å². The Morgan fingerprint density at radius 3 is 2.45 bits per heavy atom. The van der Waals surface area contributed by atoms with Crippen molar-refractivity contribution in [1.82, 2.24) is 24.1 Å². The molecule has 0 N–H and O–H groups in total. The predicted octanol–water partition coefficient (Wildman–Crippen LogP) is 4.63. The first-order valence-corrected chi connectivity index (χ1v) is 9.80. The van der Waals surface area contributed by atoms with Gasteiger partial charge in [0.15, 0.2) is 11.6 Å². The van der Waals surface area contributed by atoms with Gasteiger partial charge in [-0.2, -0.15) is 13.2 Å². The van der Waals surface area contributed by atoms with Gasteiger partial charge >= 0.3 is 6.18 Å². The number of ether oxygens (including phenoxy) is 1. The number of halogens is 4. The van der Waals surface area contributed by atoms with E-state index in [-0.39, 0.29) is 23.8 Å². The molecular formula is C20H15BrF3N5O2. The Morgan fingerprint density at radius 1 is 1.13 bits per heavy atom. The monoisotopic (exact) mass is 493 g/mol. The summed E-state index contributed by atoms with van der Waals surface area (Å²) in [7, 11) is 1.53.